The number of alkyl halides is 3. The number of esters is 1. The van der Waals surface area contributed by atoms with Crippen LogP contribution in [0.25, 0.3) is 0 Å². The van der Waals surface area contributed by atoms with Crippen LogP contribution in [0.4, 0.5) is 13.2 Å². The number of carboxylic acids is 1. The van der Waals surface area contributed by atoms with Gasteiger partial charge in [-0.05, 0) is 18.4 Å². The fourth-order valence-electron chi connectivity index (χ4n) is 3.60. The van der Waals surface area contributed by atoms with Crippen molar-refractivity contribution in [2.45, 2.75) is 82.6 Å². The first-order valence-electron chi connectivity index (χ1n) is 12.3. The zero-order valence-corrected chi connectivity index (χ0v) is 21.3. The summed E-state index contributed by atoms with van der Waals surface area (Å²) in [6.45, 7) is 2.83. The Balaban J connectivity index is 0.000000856. The second kappa shape index (κ2) is 17.9. The van der Waals surface area contributed by atoms with Crippen molar-refractivity contribution in [1.82, 2.24) is 0 Å². The van der Waals surface area contributed by atoms with Gasteiger partial charge in [0.1, 0.15) is 18.3 Å². The molecule has 11 heteroatoms. The molecule has 1 saturated heterocycles. The largest absolute Gasteiger partial charge is 0.490 e. The first-order valence-corrected chi connectivity index (χ1v) is 12.3. The fourth-order valence-corrected chi connectivity index (χ4v) is 3.60. The number of carbonyl (C=O) groups excluding carboxylic acids is 1. The number of hydrogen-bond acceptors (Lipinski definition) is 7. The summed E-state index contributed by atoms with van der Waals surface area (Å²) in [5.74, 6) is -3.24. The van der Waals surface area contributed by atoms with E-state index >= 15 is 0 Å². The number of carboxylic acid groups (broad SMARTS) is 1. The van der Waals surface area contributed by atoms with Gasteiger partial charge in [-0.1, -0.05) is 75.1 Å². The molecule has 3 N–H and O–H groups in total. The van der Waals surface area contributed by atoms with Crippen molar-refractivity contribution in [2.24, 2.45) is 5.73 Å². The third-order valence-corrected chi connectivity index (χ3v) is 5.52. The van der Waals surface area contributed by atoms with Crippen LogP contribution >= 0.6 is 0 Å². The highest BCUT2D eigenvalue weighted by molar-refractivity contribution is 5.73. The molecule has 1 aromatic carbocycles. The van der Waals surface area contributed by atoms with E-state index in [1.54, 1.807) is 7.11 Å². The molecule has 8 nitrogen and oxygen atoms in total. The van der Waals surface area contributed by atoms with Crippen LogP contribution in [0, 0.1) is 0 Å². The van der Waals surface area contributed by atoms with Gasteiger partial charge in [-0.25, -0.2) is 4.79 Å². The molecule has 1 aliphatic rings. The maximum absolute atomic E-state index is 11.9. The molecule has 1 aromatic rings. The number of carbonyl (C=O) groups is 2. The van der Waals surface area contributed by atoms with Crippen LogP contribution in [-0.4, -0.2) is 67.9 Å². The van der Waals surface area contributed by atoms with Gasteiger partial charge in [0.2, 0.25) is 0 Å². The summed E-state index contributed by atoms with van der Waals surface area (Å²) < 4.78 is 55.1. The highest BCUT2D eigenvalue weighted by Crippen LogP contribution is 2.25. The summed E-state index contributed by atoms with van der Waals surface area (Å²) in [7, 11) is 1.60. The van der Waals surface area contributed by atoms with Gasteiger partial charge < -0.3 is 29.8 Å². The Morgan fingerprint density at radius 1 is 1.14 bits per heavy atom. The van der Waals surface area contributed by atoms with E-state index in [4.69, 9.17) is 34.6 Å². The summed E-state index contributed by atoms with van der Waals surface area (Å²) in [5, 5.41) is 7.12. The minimum atomic E-state index is -5.08. The fraction of sp³-hybridized carbons (Fsp3) is 0.615. The van der Waals surface area contributed by atoms with E-state index in [0.29, 0.717) is 13.2 Å². The molecular formula is C26H38F3NO7. The Bertz CT molecular complexity index is 805. The Morgan fingerprint density at radius 3 is 2.35 bits per heavy atom. The lowest BCUT2D eigenvalue weighted by atomic mass is 9.98. The zero-order valence-electron chi connectivity index (χ0n) is 21.3. The van der Waals surface area contributed by atoms with E-state index in [1.165, 1.54) is 25.7 Å². The van der Waals surface area contributed by atoms with E-state index in [1.807, 2.05) is 36.4 Å². The maximum atomic E-state index is 11.9. The van der Waals surface area contributed by atoms with Gasteiger partial charge in [-0.2, -0.15) is 13.2 Å². The van der Waals surface area contributed by atoms with Gasteiger partial charge in [0.25, 0.3) is 0 Å². The molecule has 0 spiro atoms. The first kappa shape index (κ1) is 32.6. The monoisotopic (exact) mass is 533 g/mol. The van der Waals surface area contributed by atoms with Crippen molar-refractivity contribution in [3.63, 3.8) is 0 Å². The van der Waals surface area contributed by atoms with Gasteiger partial charge in [0.05, 0.1) is 19.8 Å². The van der Waals surface area contributed by atoms with Gasteiger partial charge >= 0.3 is 18.1 Å². The quantitative estimate of drug-likeness (QED) is 0.218. The number of nitrogens with two attached hydrogens (primary N) is 1. The molecule has 4 atom stereocenters. The van der Waals surface area contributed by atoms with Crippen LogP contribution in [0.1, 0.15) is 51.0 Å². The topological polar surface area (TPSA) is 117 Å². The summed E-state index contributed by atoms with van der Waals surface area (Å²) in [6.07, 6.45) is 4.40. The lowest BCUT2D eigenvalue weighted by molar-refractivity contribution is -0.216. The van der Waals surface area contributed by atoms with Crippen molar-refractivity contribution in [2.75, 3.05) is 20.3 Å². The standard InChI is InChI=1S/C24H37NO5.C2HF3O2/c1-3-4-5-6-7-8-12-15-20-24(30-22(26)16-25)23(27-2)21(18-29-20)28-17-19-13-10-9-11-14-19;3-2(4,5)1(6)7/h9-15,20-21,23-24H,3-8,16-18,25H2,1-2H3;(H,6,7)/t20-,21+,23-,24+;/m0./s1. The van der Waals surface area contributed by atoms with Crippen molar-refractivity contribution in [3.05, 3.63) is 48.0 Å². The lowest BCUT2D eigenvalue weighted by Crippen LogP contribution is -2.56. The third kappa shape index (κ3) is 13.1. The summed E-state index contributed by atoms with van der Waals surface area (Å²) >= 11 is 0. The number of ether oxygens (including phenoxy) is 4. The molecule has 0 radical (unpaired) electrons. The summed E-state index contributed by atoms with van der Waals surface area (Å²) in [6, 6.07) is 9.92. The third-order valence-electron chi connectivity index (χ3n) is 5.52. The van der Waals surface area contributed by atoms with Crippen molar-refractivity contribution >= 4 is 11.9 Å². The second-order valence-corrected chi connectivity index (χ2v) is 8.43. The predicted molar refractivity (Wildman–Crippen MR) is 131 cm³/mol. The number of aliphatic carboxylic acids is 1. The van der Waals surface area contributed by atoms with E-state index in [9.17, 15) is 18.0 Å². The lowest BCUT2D eigenvalue weighted by Gasteiger charge is -2.40. The van der Waals surface area contributed by atoms with Crippen LogP contribution in [0.5, 0.6) is 0 Å². The number of allylic oxidation sites excluding steroid dienone is 1. The molecule has 1 fully saturated rings. The molecule has 0 aliphatic carbocycles. The number of hydrogen-bond donors (Lipinski definition) is 2. The molecular weight excluding hydrogens is 495 g/mol. The van der Waals surface area contributed by atoms with Crippen molar-refractivity contribution in [1.29, 1.82) is 0 Å². The minimum Gasteiger partial charge on any atom is -0.475 e. The number of rotatable bonds is 13. The second-order valence-electron chi connectivity index (χ2n) is 8.43. The molecule has 0 amide bonds. The van der Waals surface area contributed by atoms with Gasteiger partial charge in [-0.3, -0.25) is 4.79 Å². The average Bonchev–Trinajstić information content (AvgIpc) is 2.88. The molecule has 210 valence electrons. The van der Waals surface area contributed by atoms with Crippen LogP contribution < -0.4 is 5.73 Å². The molecule has 2 rings (SSSR count). The molecule has 0 unspecified atom stereocenters. The molecule has 37 heavy (non-hydrogen) atoms. The normalized spacial score (nSPS) is 21.8. The highest BCUT2D eigenvalue weighted by Gasteiger charge is 2.43. The van der Waals surface area contributed by atoms with Gasteiger partial charge in [-0.15, -0.1) is 0 Å². The highest BCUT2D eigenvalue weighted by atomic mass is 19.4. The van der Waals surface area contributed by atoms with Crippen LogP contribution in [0.15, 0.2) is 42.5 Å². The maximum Gasteiger partial charge on any atom is 0.490 e. The average molecular weight is 534 g/mol. The molecule has 0 bridgehead atoms. The van der Waals surface area contributed by atoms with Crippen LogP contribution in [-0.2, 0) is 35.1 Å². The minimum absolute atomic E-state index is 0.184. The number of unbranched alkanes of at least 4 members (excludes halogenated alkanes) is 5. The Kier molecular flexibility index (Phi) is 15.7. The summed E-state index contributed by atoms with van der Waals surface area (Å²) in [5.41, 5.74) is 6.53. The molecule has 1 aliphatic heterocycles. The first-order chi connectivity index (χ1) is 17.6. The molecule has 0 aromatic heterocycles. The number of methoxy groups -OCH3 is 1. The van der Waals surface area contributed by atoms with Crippen LogP contribution in [0.3, 0.4) is 0 Å². The van der Waals surface area contributed by atoms with Crippen molar-refractivity contribution in [3.8, 4) is 0 Å². The van der Waals surface area contributed by atoms with Crippen molar-refractivity contribution < 1.29 is 46.8 Å². The Hall–Kier alpha value is -2.47. The van der Waals surface area contributed by atoms with E-state index in [-0.39, 0.29) is 18.8 Å². The SMILES string of the molecule is CCCCCCCC=C[C@@H]1OC[C@@H](OCc2ccccc2)[C@H](OC)[C@@H]1OC(=O)CN.O=C(O)C(F)(F)F. The van der Waals surface area contributed by atoms with E-state index < -0.39 is 30.3 Å². The Labute approximate surface area is 215 Å². The smallest absolute Gasteiger partial charge is 0.475 e. The molecule has 0 saturated carbocycles. The van der Waals surface area contributed by atoms with E-state index in [2.05, 4.69) is 13.0 Å². The predicted octanol–water partition coefficient (Wildman–Crippen LogP) is 4.41. The Morgan fingerprint density at radius 2 is 1.78 bits per heavy atom. The van der Waals surface area contributed by atoms with Gasteiger partial charge in [0, 0.05) is 7.11 Å². The van der Waals surface area contributed by atoms with Gasteiger partial charge in [0.15, 0.2) is 6.10 Å². The van der Waals surface area contributed by atoms with E-state index in [0.717, 1.165) is 18.4 Å². The molecule has 1 heterocycles. The summed E-state index contributed by atoms with van der Waals surface area (Å²) in [4.78, 5) is 20.8. The number of halogens is 3. The van der Waals surface area contributed by atoms with Crippen LogP contribution in [0.2, 0.25) is 0 Å². The zero-order chi connectivity index (χ0) is 27.7. The number of benzene rings is 1.